The highest BCUT2D eigenvalue weighted by Gasteiger charge is 2.22. The lowest BCUT2D eigenvalue weighted by Crippen LogP contribution is -2.45. The third-order valence-electron chi connectivity index (χ3n) is 3.15. The summed E-state index contributed by atoms with van der Waals surface area (Å²) in [4.78, 5) is 2.34. The smallest absolute Gasteiger partial charge is 0.423 e. The van der Waals surface area contributed by atoms with E-state index >= 15 is 0 Å². The minimum absolute atomic E-state index is 0.250. The van der Waals surface area contributed by atoms with Gasteiger partial charge >= 0.3 is 7.12 Å². The van der Waals surface area contributed by atoms with Gasteiger partial charge in [0.05, 0.1) is 12.2 Å². The van der Waals surface area contributed by atoms with Gasteiger partial charge in [-0.1, -0.05) is 24.3 Å². The largest absolute Gasteiger partial charge is 0.488 e. The van der Waals surface area contributed by atoms with Gasteiger partial charge in [0.2, 0.25) is 0 Å². The van der Waals surface area contributed by atoms with Crippen molar-refractivity contribution < 1.29 is 14.8 Å². The maximum atomic E-state index is 9.16. The van der Waals surface area contributed by atoms with Crippen molar-refractivity contribution in [2.75, 3.05) is 13.1 Å². The molecule has 1 fully saturated rings. The summed E-state index contributed by atoms with van der Waals surface area (Å²) in [5.41, 5.74) is 1.64. The van der Waals surface area contributed by atoms with Crippen molar-refractivity contribution in [3.8, 4) is 0 Å². The molecular formula is C13H20BNO3. The van der Waals surface area contributed by atoms with Gasteiger partial charge in [-0.05, 0) is 24.9 Å². The highest BCUT2D eigenvalue weighted by atomic mass is 16.5. The summed E-state index contributed by atoms with van der Waals surface area (Å²) in [6.45, 7) is 6.80. The molecule has 1 heterocycles. The Hall–Kier alpha value is -0.875. The normalized spacial score (nSPS) is 25.1. The second-order valence-corrected chi connectivity index (χ2v) is 5.07. The average molecular weight is 249 g/mol. The van der Waals surface area contributed by atoms with Crippen LogP contribution in [0.2, 0.25) is 0 Å². The quantitative estimate of drug-likeness (QED) is 0.739. The van der Waals surface area contributed by atoms with Gasteiger partial charge in [0, 0.05) is 19.6 Å². The van der Waals surface area contributed by atoms with Crippen molar-refractivity contribution >= 4 is 12.6 Å². The Morgan fingerprint density at radius 3 is 2.56 bits per heavy atom. The van der Waals surface area contributed by atoms with Crippen molar-refractivity contribution in [2.24, 2.45) is 0 Å². The first-order chi connectivity index (χ1) is 8.54. The number of nitrogens with zero attached hydrogens (tertiary/aromatic N) is 1. The van der Waals surface area contributed by atoms with E-state index in [-0.39, 0.29) is 12.2 Å². The number of morpholine rings is 1. The Labute approximate surface area is 108 Å². The zero-order valence-corrected chi connectivity index (χ0v) is 10.9. The molecule has 0 bridgehead atoms. The van der Waals surface area contributed by atoms with Crippen LogP contribution in [0.1, 0.15) is 19.4 Å². The van der Waals surface area contributed by atoms with E-state index < -0.39 is 7.12 Å². The SMILES string of the molecule is C[C@@H]1CN(Cc2cccc(B(O)O)c2)C[C@H](C)O1. The van der Waals surface area contributed by atoms with E-state index in [1.165, 1.54) is 0 Å². The van der Waals surface area contributed by atoms with E-state index in [1.807, 2.05) is 18.2 Å². The van der Waals surface area contributed by atoms with E-state index in [9.17, 15) is 0 Å². The molecule has 2 N–H and O–H groups in total. The Morgan fingerprint density at radius 2 is 1.94 bits per heavy atom. The summed E-state index contributed by atoms with van der Waals surface area (Å²) in [5, 5.41) is 18.3. The van der Waals surface area contributed by atoms with E-state index in [2.05, 4.69) is 18.7 Å². The molecule has 4 nitrogen and oxygen atoms in total. The number of benzene rings is 1. The molecule has 0 amide bonds. The lowest BCUT2D eigenvalue weighted by molar-refractivity contribution is -0.0704. The summed E-state index contributed by atoms with van der Waals surface area (Å²) in [7, 11) is -1.40. The minimum Gasteiger partial charge on any atom is -0.423 e. The first-order valence-electron chi connectivity index (χ1n) is 6.37. The first kappa shape index (κ1) is 13.6. The van der Waals surface area contributed by atoms with Crippen LogP contribution in [0.25, 0.3) is 0 Å². The molecular weight excluding hydrogens is 229 g/mol. The highest BCUT2D eigenvalue weighted by Crippen LogP contribution is 2.13. The summed E-state index contributed by atoms with van der Waals surface area (Å²) in [5.74, 6) is 0. The Balaban J connectivity index is 2.02. The monoisotopic (exact) mass is 249 g/mol. The van der Waals surface area contributed by atoms with Crippen molar-refractivity contribution in [2.45, 2.75) is 32.6 Å². The van der Waals surface area contributed by atoms with E-state index in [4.69, 9.17) is 14.8 Å². The molecule has 0 saturated carbocycles. The number of ether oxygens (including phenoxy) is 1. The molecule has 2 rings (SSSR count). The van der Waals surface area contributed by atoms with E-state index in [1.54, 1.807) is 6.07 Å². The van der Waals surface area contributed by atoms with Gasteiger partial charge in [-0.3, -0.25) is 4.90 Å². The van der Waals surface area contributed by atoms with Crippen LogP contribution in [0.4, 0.5) is 0 Å². The molecule has 2 atom stereocenters. The molecule has 1 saturated heterocycles. The van der Waals surface area contributed by atoms with Gasteiger partial charge in [-0.15, -0.1) is 0 Å². The molecule has 1 aromatic carbocycles. The molecule has 0 radical (unpaired) electrons. The molecule has 1 aromatic rings. The topological polar surface area (TPSA) is 52.9 Å². The van der Waals surface area contributed by atoms with Crippen molar-refractivity contribution in [3.05, 3.63) is 29.8 Å². The van der Waals surface area contributed by atoms with Gasteiger partial charge in [-0.25, -0.2) is 0 Å². The summed E-state index contributed by atoms with van der Waals surface area (Å²) < 4.78 is 5.69. The van der Waals surface area contributed by atoms with Crippen LogP contribution >= 0.6 is 0 Å². The van der Waals surface area contributed by atoms with E-state index in [0.717, 1.165) is 25.2 Å². The fourth-order valence-corrected chi connectivity index (χ4v) is 2.52. The first-order valence-corrected chi connectivity index (χ1v) is 6.37. The molecule has 1 aliphatic rings. The van der Waals surface area contributed by atoms with Crippen molar-refractivity contribution in [1.29, 1.82) is 0 Å². The van der Waals surface area contributed by atoms with Crippen LogP contribution in [0.3, 0.4) is 0 Å². The molecule has 18 heavy (non-hydrogen) atoms. The fraction of sp³-hybridized carbons (Fsp3) is 0.538. The van der Waals surface area contributed by atoms with Gasteiger partial charge < -0.3 is 14.8 Å². The molecule has 1 aliphatic heterocycles. The maximum absolute atomic E-state index is 9.16. The lowest BCUT2D eigenvalue weighted by atomic mass is 9.79. The molecule has 0 aromatic heterocycles. The van der Waals surface area contributed by atoms with Crippen LogP contribution in [-0.4, -0.2) is 47.4 Å². The maximum Gasteiger partial charge on any atom is 0.488 e. The molecule has 0 unspecified atom stereocenters. The molecule has 98 valence electrons. The summed E-state index contributed by atoms with van der Waals surface area (Å²) >= 11 is 0. The third kappa shape index (κ3) is 3.56. The zero-order valence-electron chi connectivity index (χ0n) is 10.9. The lowest BCUT2D eigenvalue weighted by Gasteiger charge is -2.35. The Bertz CT molecular complexity index is 390. The zero-order chi connectivity index (χ0) is 13.1. The predicted octanol–water partition coefficient (Wildman–Crippen LogP) is -0.0244. The Morgan fingerprint density at radius 1 is 1.28 bits per heavy atom. The number of hydrogen-bond acceptors (Lipinski definition) is 4. The minimum atomic E-state index is -1.40. The number of rotatable bonds is 3. The van der Waals surface area contributed by atoms with Gasteiger partial charge in [0.1, 0.15) is 0 Å². The average Bonchev–Trinajstić information content (AvgIpc) is 2.27. The third-order valence-corrected chi connectivity index (χ3v) is 3.15. The Kier molecular flexibility index (Phi) is 4.40. The molecule has 0 aliphatic carbocycles. The second-order valence-electron chi connectivity index (χ2n) is 5.07. The standard InChI is InChI=1S/C13H20BNO3/c1-10-7-15(8-11(2)18-10)9-12-4-3-5-13(6-12)14(16)17/h3-6,10-11,16-17H,7-9H2,1-2H3/t10-,11+. The van der Waals surface area contributed by atoms with Gasteiger partial charge in [0.25, 0.3) is 0 Å². The van der Waals surface area contributed by atoms with Crippen LogP contribution < -0.4 is 5.46 Å². The summed E-state index contributed by atoms with van der Waals surface area (Å²) in [6, 6.07) is 7.43. The van der Waals surface area contributed by atoms with Crippen LogP contribution in [-0.2, 0) is 11.3 Å². The highest BCUT2D eigenvalue weighted by molar-refractivity contribution is 6.58. The molecule has 5 heteroatoms. The second kappa shape index (κ2) is 5.84. The fourth-order valence-electron chi connectivity index (χ4n) is 2.52. The van der Waals surface area contributed by atoms with E-state index in [0.29, 0.717) is 5.46 Å². The molecule has 0 spiro atoms. The van der Waals surface area contributed by atoms with Crippen LogP contribution in [0.5, 0.6) is 0 Å². The number of hydrogen-bond donors (Lipinski definition) is 2. The van der Waals surface area contributed by atoms with Crippen molar-refractivity contribution in [3.63, 3.8) is 0 Å². The van der Waals surface area contributed by atoms with Gasteiger partial charge in [0.15, 0.2) is 0 Å². The van der Waals surface area contributed by atoms with Gasteiger partial charge in [-0.2, -0.15) is 0 Å². The summed E-state index contributed by atoms with van der Waals surface area (Å²) in [6.07, 6.45) is 0.501. The van der Waals surface area contributed by atoms with Crippen molar-refractivity contribution in [1.82, 2.24) is 4.90 Å². The van der Waals surface area contributed by atoms with Crippen LogP contribution in [0.15, 0.2) is 24.3 Å². The predicted molar refractivity (Wildman–Crippen MR) is 71.6 cm³/mol. The van der Waals surface area contributed by atoms with Crippen LogP contribution in [0, 0.1) is 0 Å².